The minimum absolute atomic E-state index is 0.0407. The topological polar surface area (TPSA) is 155 Å². The van der Waals surface area contributed by atoms with Crippen molar-refractivity contribution in [1.29, 1.82) is 0 Å². The molecule has 3 amide bonds. The fourth-order valence-electron chi connectivity index (χ4n) is 5.61. The van der Waals surface area contributed by atoms with E-state index in [9.17, 15) is 14.4 Å². The van der Waals surface area contributed by atoms with Crippen LogP contribution in [0.2, 0.25) is 0 Å². The molecule has 0 bridgehead atoms. The van der Waals surface area contributed by atoms with Crippen LogP contribution in [-0.4, -0.2) is 67.6 Å². The van der Waals surface area contributed by atoms with Gasteiger partial charge in [0.1, 0.15) is 17.7 Å². The Balaban J connectivity index is 1.36. The maximum atomic E-state index is 13.3. The van der Waals surface area contributed by atoms with Crippen LogP contribution < -0.4 is 20.5 Å². The number of nitrogens with zero attached hydrogens (tertiary/aromatic N) is 6. The van der Waals surface area contributed by atoms with E-state index < -0.39 is 5.60 Å². The minimum atomic E-state index is -0.545. The maximum absolute atomic E-state index is 13.3. The molecule has 3 aromatic heterocycles. The van der Waals surface area contributed by atoms with Crippen LogP contribution >= 0.6 is 0 Å². The Morgan fingerprint density at radius 3 is 2.60 bits per heavy atom. The van der Waals surface area contributed by atoms with Gasteiger partial charge in [-0.15, -0.1) is 0 Å². The average Bonchev–Trinajstić information content (AvgIpc) is 3.55. The number of anilines is 2. The zero-order valence-electron chi connectivity index (χ0n) is 25.4. The van der Waals surface area contributed by atoms with Gasteiger partial charge in [-0.05, 0) is 65.7 Å². The number of nitrogens with one attached hydrogen (secondary N) is 2. The lowest BCUT2D eigenvalue weighted by molar-refractivity contribution is -0.676. The zero-order chi connectivity index (χ0) is 30.9. The number of aromatic nitrogens is 5. The van der Waals surface area contributed by atoms with Crippen LogP contribution in [0, 0.1) is 0 Å². The summed E-state index contributed by atoms with van der Waals surface area (Å²) in [5.74, 6) is 1.15. The molecule has 4 heterocycles. The van der Waals surface area contributed by atoms with E-state index in [-0.39, 0.29) is 36.2 Å². The fourth-order valence-corrected chi connectivity index (χ4v) is 5.61. The number of rotatable bonds is 8. The number of hydrogen-bond acceptors (Lipinski definition) is 7. The van der Waals surface area contributed by atoms with E-state index in [0.717, 1.165) is 16.9 Å². The number of fused-ring (bicyclic) bond motifs is 2. The number of ether oxygens (including phenoxy) is 1. The molecular weight excluding hydrogens is 550 g/mol. The van der Waals surface area contributed by atoms with E-state index in [1.165, 1.54) is 4.90 Å². The molecule has 1 fully saturated rings. The highest BCUT2D eigenvalue weighted by molar-refractivity contribution is 5.97. The van der Waals surface area contributed by atoms with Crippen LogP contribution in [0.3, 0.4) is 0 Å². The molecule has 0 aliphatic carbocycles. The zero-order valence-corrected chi connectivity index (χ0v) is 25.4. The molecule has 0 unspecified atom stereocenters. The minimum Gasteiger partial charge on any atom is -0.444 e. The molecule has 0 atom stereocenters. The van der Waals surface area contributed by atoms with Gasteiger partial charge >= 0.3 is 6.09 Å². The standard InChI is InChI=1S/C30H39N9O4/c1-6-38-22-9-8-19(28(41)33-20-11-14-36(15-12-20)29(42)43-30(3,4)5)16-23(22)39(7-2)24(38)17-37(18-40)27-25(31)35-26-21(34-27)10-13-32-26/h8-10,13,16,18,20H,6-7,11-12,14-15,17H2,1-5H3,(H3-,31,32,33,34,35,41)/p+1. The number of aromatic amines is 1. The number of benzene rings is 1. The molecule has 43 heavy (non-hydrogen) atoms. The number of carbonyl (C=O) groups is 3. The molecule has 1 aliphatic rings. The number of H-pyrrole nitrogens is 1. The van der Waals surface area contributed by atoms with Crippen molar-refractivity contribution in [2.75, 3.05) is 23.7 Å². The number of hydrogen-bond donors (Lipinski definition) is 3. The van der Waals surface area contributed by atoms with Crippen LogP contribution in [0.1, 0.15) is 63.6 Å². The highest BCUT2D eigenvalue weighted by atomic mass is 16.6. The highest BCUT2D eigenvalue weighted by Gasteiger charge is 2.30. The predicted molar refractivity (Wildman–Crippen MR) is 162 cm³/mol. The quantitative estimate of drug-likeness (QED) is 0.210. The molecule has 228 valence electrons. The van der Waals surface area contributed by atoms with Crippen LogP contribution in [0.25, 0.3) is 22.2 Å². The second kappa shape index (κ2) is 11.9. The molecule has 13 heteroatoms. The summed E-state index contributed by atoms with van der Waals surface area (Å²) in [6, 6.07) is 7.40. The summed E-state index contributed by atoms with van der Waals surface area (Å²) in [7, 11) is 0. The summed E-state index contributed by atoms with van der Waals surface area (Å²) in [5, 5.41) is 3.14. The van der Waals surface area contributed by atoms with E-state index in [1.807, 2.05) is 52.8 Å². The van der Waals surface area contributed by atoms with E-state index in [1.54, 1.807) is 17.2 Å². The van der Waals surface area contributed by atoms with Crippen molar-refractivity contribution >= 4 is 52.2 Å². The number of likely N-dealkylation sites (tertiary alicyclic amines) is 1. The van der Waals surface area contributed by atoms with Gasteiger partial charge in [0.05, 0.1) is 13.1 Å². The molecule has 13 nitrogen and oxygen atoms in total. The summed E-state index contributed by atoms with van der Waals surface area (Å²) in [4.78, 5) is 53.1. The van der Waals surface area contributed by atoms with Crippen molar-refractivity contribution in [3.63, 3.8) is 0 Å². The summed E-state index contributed by atoms with van der Waals surface area (Å²) in [6.45, 7) is 12.2. The number of nitrogen functional groups attached to an aromatic ring is 1. The molecule has 5 rings (SSSR count). The second-order valence-corrected chi connectivity index (χ2v) is 11.7. The highest BCUT2D eigenvalue weighted by Crippen LogP contribution is 2.24. The SMILES string of the molecule is CCn1c(CN(C=O)c2nc3cc[nH]c3nc2N)[n+](CC)c2ccc(C(=O)NC3CCN(C(=O)OC(C)(C)C)CC3)cc21. The monoisotopic (exact) mass is 590 g/mol. The summed E-state index contributed by atoms with van der Waals surface area (Å²) >= 11 is 0. The Morgan fingerprint density at radius 2 is 1.95 bits per heavy atom. The largest absolute Gasteiger partial charge is 0.444 e. The third kappa shape index (κ3) is 6.11. The Hall–Kier alpha value is -4.68. The van der Waals surface area contributed by atoms with E-state index in [4.69, 9.17) is 10.5 Å². The third-order valence-corrected chi connectivity index (χ3v) is 7.66. The van der Waals surface area contributed by atoms with Gasteiger partial charge in [-0.3, -0.25) is 14.5 Å². The van der Waals surface area contributed by atoms with E-state index in [0.29, 0.717) is 62.2 Å². The molecule has 0 saturated carbocycles. The molecule has 1 saturated heterocycles. The first kappa shape index (κ1) is 29.8. The van der Waals surface area contributed by atoms with Crippen LogP contribution in [0.4, 0.5) is 16.4 Å². The number of imidazole rings is 1. The first-order valence-corrected chi connectivity index (χ1v) is 14.7. The van der Waals surface area contributed by atoms with Crippen LogP contribution in [-0.2, 0) is 29.2 Å². The Labute approximate surface area is 250 Å². The molecule has 1 aliphatic heterocycles. The molecule has 0 radical (unpaired) electrons. The van der Waals surface area contributed by atoms with Gasteiger partial charge in [-0.25, -0.2) is 23.9 Å². The van der Waals surface area contributed by atoms with Crippen molar-refractivity contribution in [3.05, 3.63) is 41.9 Å². The number of aryl methyl sites for hydroxylation is 2. The van der Waals surface area contributed by atoms with Gasteiger partial charge < -0.3 is 25.7 Å². The van der Waals surface area contributed by atoms with Gasteiger partial charge in [0.25, 0.3) is 11.7 Å². The van der Waals surface area contributed by atoms with E-state index in [2.05, 4.69) is 29.4 Å². The molecule has 4 N–H and O–H groups in total. The summed E-state index contributed by atoms with van der Waals surface area (Å²) < 4.78 is 9.71. The third-order valence-electron chi connectivity index (χ3n) is 7.66. The van der Waals surface area contributed by atoms with Crippen LogP contribution in [0.5, 0.6) is 0 Å². The van der Waals surface area contributed by atoms with Gasteiger partial charge in [-0.1, -0.05) is 0 Å². The normalized spacial score (nSPS) is 14.3. The van der Waals surface area contributed by atoms with Gasteiger partial charge in [0.2, 0.25) is 6.41 Å². The lowest BCUT2D eigenvalue weighted by atomic mass is 10.0. The number of carbonyl (C=O) groups excluding carboxylic acids is 3. The molecular formula is C30H40N9O4+. The fraction of sp³-hybridized carbons (Fsp3) is 0.467. The van der Waals surface area contributed by atoms with Gasteiger partial charge in [0.15, 0.2) is 28.3 Å². The number of nitrogens with two attached hydrogens (primary N) is 1. The smallest absolute Gasteiger partial charge is 0.410 e. The Morgan fingerprint density at radius 1 is 1.21 bits per heavy atom. The summed E-state index contributed by atoms with van der Waals surface area (Å²) in [5.41, 5.74) is 9.20. The van der Waals surface area contributed by atoms with Crippen molar-refractivity contribution in [3.8, 4) is 0 Å². The van der Waals surface area contributed by atoms with E-state index >= 15 is 0 Å². The van der Waals surface area contributed by atoms with Crippen LogP contribution in [0.15, 0.2) is 30.5 Å². The van der Waals surface area contributed by atoms with Crippen molar-refractivity contribution in [2.24, 2.45) is 0 Å². The van der Waals surface area contributed by atoms with Gasteiger partial charge in [0, 0.05) is 37.0 Å². The van der Waals surface area contributed by atoms with Crippen molar-refractivity contribution in [1.82, 2.24) is 29.7 Å². The Kier molecular flexibility index (Phi) is 8.25. The maximum Gasteiger partial charge on any atom is 0.410 e. The number of piperidine rings is 1. The lowest BCUT2D eigenvalue weighted by Gasteiger charge is -2.33. The van der Waals surface area contributed by atoms with Crippen molar-refractivity contribution < 1.29 is 23.7 Å². The molecule has 4 aromatic rings. The lowest BCUT2D eigenvalue weighted by Crippen LogP contribution is -2.47. The first-order chi connectivity index (χ1) is 20.5. The van der Waals surface area contributed by atoms with Crippen molar-refractivity contribution in [2.45, 2.75) is 78.7 Å². The number of amides is 3. The Bertz CT molecular complexity index is 1660. The summed E-state index contributed by atoms with van der Waals surface area (Å²) in [6.07, 6.45) is 3.42. The predicted octanol–water partition coefficient (Wildman–Crippen LogP) is 3.11. The molecule has 0 spiro atoms. The average molecular weight is 591 g/mol. The van der Waals surface area contributed by atoms with Gasteiger partial charge in [-0.2, -0.15) is 0 Å². The second-order valence-electron chi connectivity index (χ2n) is 11.7. The molecule has 1 aromatic carbocycles. The first-order valence-electron chi connectivity index (χ1n) is 14.7.